The summed E-state index contributed by atoms with van der Waals surface area (Å²) in [6.07, 6.45) is 0.147. The minimum atomic E-state index is -0.483. The summed E-state index contributed by atoms with van der Waals surface area (Å²) in [6, 6.07) is 20.1. The van der Waals surface area contributed by atoms with Crippen LogP contribution >= 0.6 is 0 Å². The summed E-state index contributed by atoms with van der Waals surface area (Å²) in [4.78, 5) is 4.48. The number of hydrogen-bond donors (Lipinski definition) is 1. The molecule has 3 rings (SSSR count). The zero-order valence-electron chi connectivity index (χ0n) is 11.5. The second-order valence-electron chi connectivity index (χ2n) is 5.11. The van der Waals surface area contributed by atoms with Gasteiger partial charge in [-0.15, -0.1) is 0 Å². The van der Waals surface area contributed by atoms with Gasteiger partial charge in [-0.25, -0.2) is 0 Å². The first-order valence-corrected chi connectivity index (χ1v) is 6.82. The van der Waals surface area contributed by atoms with Crippen molar-refractivity contribution in [3.63, 3.8) is 0 Å². The molecule has 0 amide bonds. The van der Waals surface area contributed by atoms with Crippen molar-refractivity contribution in [1.29, 1.82) is 0 Å². The Hall–Kier alpha value is -2.19. The summed E-state index contributed by atoms with van der Waals surface area (Å²) < 4.78 is 0. The molecule has 0 spiro atoms. The van der Waals surface area contributed by atoms with E-state index in [4.69, 9.17) is 0 Å². The Morgan fingerprint density at radius 3 is 2.60 bits per heavy atom. The van der Waals surface area contributed by atoms with Crippen molar-refractivity contribution in [2.24, 2.45) is 0 Å². The molecule has 0 aliphatic carbocycles. The number of aryl methyl sites for hydroxylation is 1. The van der Waals surface area contributed by atoms with E-state index in [0.29, 0.717) is 6.42 Å². The van der Waals surface area contributed by atoms with Crippen LogP contribution in [0.5, 0.6) is 0 Å². The lowest BCUT2D eigenvalue weighted by Gasteiger charge is -2.12. The summed E-state index contributed by atoms with van der Waals surface area (Å²) in [5.74, 6) is 0. The molecule has 0 aliphatic rings. The van der Waals surface area contributed by atoms with Gasteiger partial charge in [0.2, 0.25) is 0 Å². The third-order valence-electron chi connectivity index (χ3n) is 3.51. The molecular weight excluding hydrogens is 246 g/mol. The van der Waals surface area contributed by atoms with Gasteiger partial charge < -0.3 is 5.11 Å². The topological polar surface area (TPSA) is 33.1 Å². The predicted molar refractivity (Wildman–Crippen MR) is 81.6 cm³/mol. The molecule has 2 heteroatoms. The molecule has 0 saturated carbocycles. The van der Waals surface area contributed by atoms with E-state index in [2.05, 4.69) is 11.1 Å². The highest BCUT2D eigenvalue weighted by Crippen LogP contribution is 2.22. The molecule has 1 unspecified atom stereocenters. The fourth-order valence-electron chi connectivity index (χ4n) is 2.41. The van der Waals surface area contributed by atoms with Crippen LogP contribution in [-0.2, 0) is 6.42 Å². The minimum absolute atomic E-state index is 0.483. The zero-order valence-corrected chi connectivity index (χ0v) is 11.5. The Bertz CT molecular complexity index is 722. The van der Waals surface area contributed by atoms with Crippen LogP contribution in [0, 0.1) is 6.92 Å². The third kappa shape index (κ3) is 2.70. The number of benzene rings is 2. The highest BCUT2D eigenvalue weighted by atomic mass is 16.3. The number of fused-ring (bicyclic) bond motifs is 1. The van der Waals surface area contributed by atoms with Crippen molar-refractivity contribution in [2.75, 3.05) is 0 Å². The maximum atomic E-state index is 10.4. The lowest BCUT2D eigenvalue weighted by Crippen LogP contribution is -2.01. The van der Waals surface area contributed by atoms with Gasteiger partial charge in [-0.3, -0.25) is 4.98 Å². The second kappa shape index (κ2) is 5.43. The molecule has 0 fully saturated rings. The van der Waals surface area contributed by atoms with Crippen molar-refractivity contribution in [3.8, 4) is 0 Å². The molecule has 0 saturated heterocycles. The van der Waals surface area contributed by atoms with Crippen molar-refractivity contribution < 1.29 is 5.11 Å². The van der Waals surface area contributed by atoms with Crippen LogP contribution in [0.4, 0.5) is 0 Å². The van der Waals surface area contributed by atoms with E-state index in [1.54, 1.807) is 0 Å². The Balaban J connectivity index is 1.88. The minimum Gasteiger partial charge on any atom is -0.388 e. The number of hydrogen-bond acceptors (Lipinski definition) is 2. The number of rotatable bonds is 3. The van der Waals surface area contributed by atoms with E-state index in [0.717, 1.165) is 27.7 Å². The normalized spacial score (nSPS) is 12.5. The van der Waals surface area contributed by atoms with Gasteiger partial charge in [0.1, 0.15) is 0 Å². The molecular formula is C18H17NO. The average Bonchev–Trinajstić information content (AvgIpc) is 2.47. The van der Waals surface area contributed by atoms with Gasteiger partial charge in [0.15, 0.2) is 0 Å². The quantitative estimate of drug-likeness (QED) is 0.779. The van der Waals surface area contributed by atoms with Crippen LogP contribution in [0.2, 0.25) is 0 Å². The number of aromatic nitrogens is 1. The van der Waals surface area contributed by atoms with Crippen LogP contribution in [0.1, 0.15) is 22.9 Å². The molecule has 20 heavy (non-hydrogen) atoms. The van der Waals surface area contributed by atoms with Crippen molar-refractivity contribution >= 4 is 10.9 Å². The molecule has 1 aromatic heterocycles. The molecule has 1 N–H and O–H groups in total. The van der Waals surface area contributed by atoms with Gasteiger partial charge in [0.25, 0.3) is 0 Å². The standard InChI is InChI=1S/C18H17NO/c1-13-7-8-15-12-16(9-10-17(15)19-13)18(20)11-14-5-3-2-4-6-14/h2-10,12,18,20H,11H2,1H3. The van der Waals surface area contributed by atoms with Gasteiger partial charge in [-0.1, -0.05) is 42.5 Å². The van der Waals surface area contributed by atoms with Gasteiger partial charge >= 0.3 is 0 Å². The van der Waals surface area contributed by atoms with Gasteiger partial charge in [-0.2, -0.15) is 0 Å². The zero-order chi connectivity index (χ0) is 13.9. The largest absolute Gasteiger partial charge is 0.388 e. The lowest BCUT2D eigenvalue weighted by molar-refractivity contribution is 0.178. The summed E-state index contributed by atoms with van der Waals surface area (Å²) in [5.41, 5.74) is 4.06. The van der Waals surface area contributed by atoms with Crippen LogP contribution in [0.15, 0.2) is 60.7 Å². The highest BCUT2D eigenvalue weighted by molar-refractivity contribution is 5.79. The molecule has 0 bridgehead atoms. The molecule has 2 aromatic carbocycles. The van der Waals surface area contributed by atoms with Gasteiger partial charge in [-0.05, 0) is 36.2 Å². The first kappa shape index (κ1) is 12.8. The van der Waals surface area contributed by atoms with Gasteiger partial charge in [0, 0.05) is 17.5 Å². The molecule has 2 nitrogen and oxygen atoms in total. The lowest BCUT2D eigenvalue weighted by atomic mass is 10.00. The monoisotopic (exact) mass is 263 g/mol. The third-order valence-corrected chi connectivity index (χ3v) is 3.51. The summed E-state index contributed by atoms with van der Waals surface area (Å²) in [5, 5.41) is 11.4. The molecule has 0 radical (unpaired) electrons. The van der Waals surface area contributed by atoms with Crippen LogP contribution < -0.4 is 0 Å². The van der Waals surface area contributed by atoms with Crippen molar-refractivity contribution in [2.45, 2.75) is 19.4 Å². The van der Waals surface area contributed by atoms with Crippen molar-refractivity contribution in [1.82, 2.24) is 4.98 Å². The maximum absolute atomic E-state index is 10.4. The molecule has 1 atom stereocenters. The SMILES string of the molecule is Cc1ccc2cc(C(O)Cc3ccccc3)ccc2n1. The van der Waals surface area contributed by atoms with E-state index < -0.39 is 6.10 Å². The Labute approximate surface area is 118 Å². The number of aliphatic hydroxyl groups excluding tert-OH is 1. The van der Waals surface area contributed by atoms with Crippen LogP contribution in [-0.4, -0.2) is 10.1 Å². The molecule has 1 heterocycles. The van der Waals surface area contributed by atoms with E-state index in [1.807, 2.05) is 61.5 Å². The van der Waals surface area contributed by atoms with E-state index in [9.17, 15) is 5.11 Å². The van der Waals surface area contributed by atoms with Crippen LogP contribution in [0.3, 0.4) is 0 Å². The predicted octanol–water partition coefficient (Wildman–Crippen LogP) is 3.82. The van der Waals surface area contributed by atoms with E-state index >= 15 is 0 Å². The Morgan fingerprint density at radius 2 is 1.80 bits per heavy atom. The smallest absolute Gasteiger partial charge is 0.0830 e. The molecule has 0 aliphatic heterocycles. The summed E-state index contributed by atoms with van der Waals surface area (Å²) >= 11 is 0. The molecule has 3 aromatic rings. The Kier molecular flexibility index (Phi) is 3.48. The summed E-state index contributed by atoms with van der Waals surface area (Å²) in [7, 11) is 0. The fraction of sp³-hybridized carbons (Fsp3) is 0.167. The number of pyridine rings is 1. The highest BCUT2D eigenvalue weighted by Gasteiger charge is 2.09. The van der Waals surface area contributed by atoms with Crippen molar-refractivity contribution in [3.05, 3.63) is 77.5 Å². The van der Waals surface area contributed by atoms with E-state index in [1.165, 1.54) is 0 Å². The first-order chi connectivity index (χ1) is 9.72. The van der Waals surface area contributed by atoms with Gasteiger partial charge in [0.05, 0.1) is 11.6 Å². The molecule has 100 valence electrons. The first-order valence-electron chi connectivity index (χ1n) is 6.82. The Morgan fingerprint density at radius 1 is 1.00 bits per heavy atom. The maximum Gasteiger partial charge on any atom is 0.0830 e. The fourth-order valence-corrected chi connectivity index (χ4v) is 2.41. The number of nitrogens with zero attached hydrogens (tertiary/aromatic N) is 1. The number of aliphatic hydroxyl groups is 1. The van der Waals surface area contributed by atoms with Crippen LogP contribution in [0.25, 0.3) is 10.9 Å². The van der Waals surface area contributed by atoms with E-state index in [-0.39, 0.29) is 0 Å². The average molecular weight is 263 g/mol. The second-order valence-corrected chi connectivity index (χ2v) is 5.11. The summed E-state index contributed by atoms with van der Waals surface area (Å²) in [6.45, 7) is 1.98.